The number of carbonyl (C=O) groups excluding carboxylic acids is 1. The Labute approximate surface area is 127 Å². The van der Waals surface area contributed by atoms with Gasteiger partial charge in [0.15, 0.2) is 9.84 Å². The van der Waals surface area contributed by atoms with Crippen LogP contribution in [0.2, 0.25) is 0 Å². The van der Waals surface area contributed by atoms with Crippen LogP contribution in [0, 0.1) is 0 Å². The highest BCUT2D eigenvalue weighted by molar-refractivity contribution is 14.2. The summed E-state index contributed by atoms with van der Waals surface area (Å²) in [6, 6.07) is 4.47. The van der Waals surface area contributed by atoms with Gasteiger partial charge in [-0.25, -0.2) is 13.2 Å². The van der Waals surface area contributed by atoms with E-state index >= 15 is 0 Å². The number of esters is 1. The average Bonchev–Trinajstić information content (AvgIpc) is 2.46. The van der Waals surface area contributed by atoms with E-state index in [-0.39, 0.29) is 25.6 Å². The van der Waals surface area contributed by atoms with Crippen LogP contribution in [0.1, 0.15) is 15.9 Å². The predicted octanol–water partition coefficient (Wildman–Crippen LogP) is 2.56. The van der Waals surface area contributed by atoms with E-state index in [4.69, 9.17) is 4.74 Å². The van der Waals surface area contributed by atoms with Crippen LogP contribution in [0.4, 0.5) is 0 Å². The molecule has 1 aliphatic heterocycles. The fourth-order valence-electron chi connectivity index (χ4n) is 1.75. The van der Waals surface area contributed by atoms with Gasteiger partial charge in [0.1, 0.15) is 0 Å². The van der Waals surface area contributed by atoms with Crippen molar-refractivity contribution in [1.82, 2.24) is 0 Å². The molecule has 0 spiro atoms. The number of rotatable bonds is 3. The third kappa shape index (κ3) is 3.24. The summed E-state index contributed by atoms with van der Waals surface area (Å²) in [6.45, 7) is 0. The highest BCUT2D eigenvalue weighted by atomic mass is 127. The number of allylic oxidation sites excluding steroid dienone is 3. The van der Waals surface area contributed by atoms with Gasteiger partial charge in [-0.1, -0.05) is 32.9 Å². The van der Waals surface area contributed by atoms with Crippen molar-refractivity contribution >= 4 is 46.1 Å². The first-order chi connectivity index (χ1) is 9.43. The molecule has 106 valence electrons. The van der Waals surface area contributed by atoms with Crippen molar-refractivity contribution in [2.75, 3.05) is 13.4 Å². The van der Waals surface area contributed by atoms with Gasteiger partial charge < -0.3 is 4.74 Å². The van der Waals surface area contributed by atoms with Crippen molar-refractivity contribution in [3.8, 4) is 0 Å². The molecule has 0 radical (unpaired) electrons. The number of sulfone groups is 1. The number of halogens is 1. The smallest absolute Gasteiger partial charge is 0.338 e. The molecule has 0 saturated heterocycles. The summed E-state index contributed by atoms with van der Waals surface area (Å²) in [5.74, 6) is -0.470. The third-order valence-corrected chi connectivity index (χ3v) is 5.71. The van der Waals surface area contributed by atoms with E-state index in [1.54, 1.807) is 0 Å². The number of hydrogen-bond acceptors (Lipinski definition) is 4. The number of benzene rings is 1. The van der Waals surface area contributed by atoms with E-state index in [2.05, 4.69) is 4.01 Å². The lowest BCUT2D eigenvalue weighted by Crippen LogP contribution is -2.07. The number of ether oxygens (including phenoxy) is 1. The van der Waals surface area contributed by atoms with Crippen LogP contribution >= 0.6 is 20.7 Å². The van der Waals surface area contributed by atoms with Crippen LogP contribution in [-0.2, 0) is 14.6 Å². The van der Waals surface area contributed by atoms with Crippen molar-refractivity contribution in [1.29, 1.82) is 0 Å². The molecule has 20 heavy (non-hydrogen) atoms. The maximum absolute atomic E-state index is 11.8. The van der Waals surface area contributed by atoms with Gasteiger partial charge >= 0.3 is 5.97 Å². The van der Waals surface area contributed by atoms with Crippen LogP contribution in [0.5, 0.6) is 0 Å². The fraction of sp³-hybridized carbons (Fsp3) is 0.143. The molecule has 0 bridgehead atoms. The van der Waals surface area contributed by atoms with Gasteiger partial charge in [0.05, 0.1) is 17.6 Å². The van der Waals surface area contributed by atoms with Crippen LogP contribution in [0.25, 0.3) is 5.57 Å². The lowest BCUT2D eigenvalue weighted by Gasteiger charge is -2.11. The van der Waals surface area contributed by atoms with Crippen LogP contribution in [-0.4, -0.2) is 31.8 Å². The quantitative estimate of drug-likeness (QED) is 0.574. The molecule has 1 heterocycles. The first kappa shape index (κ1) is 15.1. The Morgan fingerprint density at radius 1 is 1.30 bits per heavy atom. The largest absolute Gasteiger partial charge is 0.465 e. The molecule has 0 atom stereocenters. The monoisotopic (exact) mass is 404 g/mol. The van der Waals surface area contributed by atoms with Crippen molar-refractivity contribution in [2.24, 2.45) is 0 Å². The molecule has 0 aromatic heterocycles. The zero-order valence-corrected chi connectivity index (χ0v) is 13.9. The summed E-state index contributed by atoms with van der Waals surface area (Å²) in [4.78, 5) is 12.0. The molecule has 1 aliphatic rings. The summed E-state index contributed by atoms with van der Waals surface area (Å²) < 4.78 is 32.2. The van der Waals surface area contributed by atoms with Crippen LogP contribution in [0.15, 0.2) is 39.3 Å². The minimum absolute atomic E-state index is 0.196. The Hall–Kier alpha value is -1.28. The Morgan fingerprint density at radius 2 is 2.05 bits per heavy atom. The summed E-state index contributed by atoms with van der Waals surface area (Å²) >= 11 is -0.202. The predicted molar refractivity (Wildman–Crippen MR) is 88.1 cm³/mol. The first-order valence-corrected chi connectivity index (χ1v) is 10.1. The Balaban J connectivity index is 2.66. The van der Waals surface area contributed by atoms with Gasteiger partial charge in [0, 0.05) is 6.26 Å². The van der Waals surface area contributed by atoms with Gasteiger partial charge in [0.2, 0.25) is 0 Å². The Bertz CT molecular complexity index is 742. The van der Waals surface area contributed by atoms with Gasteiger partial charge in [-0.15, -0.1) is 0 Å². The van der Waals surface area contributed by atoms with Gasteiger partial charge in [0.25, 0.3) is 0 Å². The molecule has 1 aromatic carbocycles. The summed E-state index contributed by atoms with van der Waals surface area (Å²) in [5.41, 5.74) is 1.84. The van der Waals surface area contributed by atoms with Crippen molar-refractivity contribution in [2.45, 2.75) is 4.90 Å². The minimum Gasteiger partial charge on any atom is -0.465 e. The fourth-order valence-corrected chi connectivity index (χ4v) is 3.98. The highest BCUT2D eigenvalue weighted by Gasteiger charge is 2.18. The molecule has 0 fully saturated rings. The van der Waals surface area contributed by atoms with Crippen LogP contribution in [0.3, 0.4) is 0 Å². The Kier molecular flexibility index (Phi) is 4.54. The van der Waals surface area contributed by atoms with E-state index in [1.807, 2.05) is 16.2 Å². The van der Waals surface area contributed by atoms with Crippen molar-refractivity contribution in [3.63, 3.8) is 0 Å². The molecular formula is C14H13IO4S. The van der Waals surface area contributed by atoms with E-state index in [1.165, 1.54) is 25.3 Å². The molecular weight excluding hydrogens is 391 g/mol. The molecule has 4 nitrogen and oxygen atoms in total. The molecule has 0 N–H and O–H groups in total. The average molecular weight is 404 g/mol. The van der Waals surface area contributed by atoms with Gasteiger partial charge in [-0.05, 0) is 37.4 Å². The molecule has 0 saturated carbocycles. The first-order valence-electron chi connectivity index (χ1n) is 5.68. The molecule has 0 aliphatic carbocycles. The summed E-state index contributed by atoms with van der Waals surface area (Å²) in [5, 5.41) is 0. The summed E-state index contributed by atoms with van der Waals surface area (Å²) in [6.07, 6.45) is 4.95. The van der Waals surface area contributed by atoms with E-state index < -0.39 is 15.8 Å². The van der Waals surface area contributed by atoms with Crippen molar-refractivity contribution in [3.05, 3.63) is 45.6 Å². The molecule has 0 amide bonds. The summed E-state index contributed by atoms with van der Waals surface area (Å²) in [7, 11) is -2.01. The standard InChI is InChI=1S/C14H13IO4S/c1-19-14(16)12-6-5-11(20(2,17)18)8-13(12)10-4-3-7-15-9-10/h3-9H,1-2H3. The van der Waals surface area contributed by atoms with Crippen molar-refractivity contribution < 1.29 is 17.9 Å². The van der Waals surface area contributed by atoms with E-state index in [9.17, 15) is 13.2 Å². The molecule has 1 aromatic rings. The Morgan fingerprint density at radius 3 is 2.60 bits per heavy atom. The minimum atomic E-state index is -3.32. The normalized spacial score (nSPS) is 14.4. The lowest BCUT2D eigenvalue weighted by atomic mass is 10.0. The van der Waals surface area contributed by atoms with Crippen LogP contribution < -0.4 is 0 Å². The zero-order valence-electron chi connectivity index (χ0n) is 11.0. The number of methoxy groups -OCH3 is 1. The number of carbonyl (C=O) groups is 1. The zero-order chi connectivity index (χ0) is 14.8. The second-order valence-corrected chi connectivity index (χ2v) is 8.22. The lowest BCUT2D eigenvalue weighted by molar-refractivity contribution is 0.0600. The molecule has 6 heteroatoms. The maximum Gasteiger partial charge on any atom is 0.338 e. The van der Waals surface area contributed by atoms with E-state index in [0.29, 0.717) is 11.1 Å². The highest BCUT2D eigenvalue weighted by Crippen LogP contribution is 2.28. The second-order valence-electron chi connectivity index (χ2n) is 4.15. The topological polar surface area (TPSA) is 60.4 Å². The SMILES string of the molecule is COC(=O)c1ccc(S(C)(=O)=O)cc1C1=CI=CC=C1. The maximum atomic E-state index is 11.8. The number of hydrogen-bond donors (Lipinski definition) is 0. The second kappa shape index (κ2) is 6.01. The molecule has 0 unspecified atom stereocenters. The third-order valence-electron chi connectivity index (χ3n) is 2.74. The molecule has 2 rings (SSSR count). The van der Waals surface area contributed by atoms with Gasteiger partial charge in [-0.2, -0.15) is 0 Å². The van der Waals surface area contributed by atoms with Gasteiger partial charge in [-0.3, -0.25) is 0 Å². The van der Waals surface area contributed by atoms with E-state index in [0.717, 1.165) is 11.8 Å².